The topological polar surface area (TPSA) is 75.6 Å². The Bertz CT molecular complexity index is 667. The Kier molecular flexibility index (Phi) is 5.44. The first-order chi connectivity index (χ1) is 12.5. The molecule has 0 saturated carbocycles. The van der Waals surface area contributed by atoms with Crippen molar-refractivity contribution in [3.05, 3.63) is 23.8 Å². The lowest BCUT2D eigenvalue weighted by molar-refractivity contribution is 0.00308. The van der Waals surface area contributed by atoms with Gasteiger partial charge in [-0.1, -0.05) is 26.7 Å². The zero-order chi connectivity index (χ0) is 18.7. The van der Waals surface area contributed by atoms with Gasteiger partial charge >= 0.3 is 6.09 Å². The van der Waals surface area contributed by atoms with Crippen molar-refractivity contribution in [2.24, 2.45) is 5.92 Å². The fraction of sp³-hybridized carbons (Fsp3) is 0.684. The average Bonchev–Trinajstić information content (AvgIpc) is 2.95. The van der Waals surface area contributed by atoms with Crippen LogP contribution in [0.5, 0.6) is 0 Å². The third kappa shape index (κ3) is 3.66. The van der Waals surface area contributed by atoms with E-state index in [-0.39, 0.29) is 12.0 Å². The van der Waals surface area contributed by atoms with Crippen molar-refractivity contribution in [3.63, 3.8) is 0 Å². The van der Waals surface area contributed by atoms with E-state index in [1.807, 2.05) is 16.7 Å². The van der Waals surface area contributed by atoms with Crippen molar-refractivity contribution in [1.29, 1.82) is 0 Å². The van der Waals surface area contributed by atoms with Crippen LogP contribution in [0.3, 0.4) is 0 Å². The molecular weight excluding hydrogens is 332 g/mol. The molecule has 2 amide bonds. The van der Waals surface area contributed by atoms with Crippen molar-refractivity contribution >= 4 is 12.0 Å². The van der Waals surface area contributed by atoms with Crippen LogP contribution in [-0.4, -0.2) is 63.5 Å². The third-order valence-electron chi connectivity index (χ3n) is 5.78. The molecule has 2 saturated heterocycles. The number of likely N-dealkylation sites (tertiary alicyclic amines) is 1. The molecule has 0 aliphatic carbocycles. The number of carbonyl (C=O) groups is 2. The fourth-order valence-corrected chi connectivity index (χ4v) is 3.84. The predicted molar refractivity (Wildman–Crippen MR) is 96.8 cm³/mol. The van der Waals surface area contributed by atoms with Gasteiger partial charge in [-0.25, -0.2) is 14.8 Å². The molecule has 3 rings (SSSR count). The summed E-state index contributed by atoms with van der Waals surface area (Å²) in [5.41, 5.74) is 0.790. The van der Waals surface area contributed by atoms with E-state index in [9.17, 15) is 9.59 Å². The van der Waals surface area contributed by atoms with E-state index in [1.54, 1.807) is 6.20 Å². The fourth-order valence-electron chi connectivity index (χ4n) is 3.84. The highest BCUT2D eigenvalue weighted by Gasteiger charge is 2.47. The van der Waals surface area contributed by atoms with Crippen molar-refractivity contribution in [3.8, 4) is 0 Å². The molecule has 0 N–H and O–H groups in total. The van der Waals surface area contributed by atoms with E-state index in [2.05, 4.69) is 23.8 Å². The molecule has 2 fully saturated rings. The number of hydrogen-bond acceptors (Lipinski definition) is 5. The van der Waals surface area contributed by atoms with E-state index in [1.165, 1.54) is 6.33 Å². The summed E-state index contributed by atoms with van der Waals surface area (Å²) in [6.45, 7) is 8.69. The van der Waals surface area contributed by atoms with Crippen LogP contribution in [-0.2, 0) is 4.74 Å². The van der Waals surface area contributed by atoms with Crippen molar-refractivity contribution in [2.45, 2.75) is 52.1 Å². The van der Waals surface area contributed by atoms with Gasteiger partial charge in [-0.2, -0.15) is 0 Å². The summed E-state index contributed by atoms with van der Waals surface area (Å²) in [5.74, 6) is 0.469. The number of aryl methyl sites for hydroxylation is 1. The Labute approximate surface area is 154 Å². The average molecular weight is 360 g/mol. The third-order valence-corrected chi connectivity index (χ3v) is 5.78. The first-order valence-electron chi connectivity index (χ1n) is 9.52. The van der Waals surface area contributed by atoms with Gasteiger partial charge in [0, 0.05) is 38.7 Å². The summed E-state index contributed by atoms with van der Waals surface area (Å²) in [4.78, 5) is 36.7. The predicted octanol–water partition coefficient (Wildman–Crippen LogP) is 2.65. The molecule has 1 aromatic rings. The normalized spacial score (nSPS) is 19.3. The molecule has 142 valence electrons. The lowest BCUT2D eigenvalue weighted by Crippen LogP contribution is -2.49. The van der Waals surface area contributed by atoms with Gasteiger partial charge in [0.05, 0.1) is 17.8 Å². The van der Waals surface area contributed by atoms with Crippen LogP contribution in [0.4, 0.5) is 4.79 Å². The maximum atomic E-state index is 12.7. The van der Waals surface area contributed by atoms with Gasteiger partial charge < -0.3 is 14.5 Å². The summed E-state index contributed by atoms with van der Waals surface area (Å²) in [5, 5.41) is 0. The van der Waals surface area contributed by atoms with Crippen molar-refractivity contribution in [2.75, 3.05) is 26.2 Å². The maximum Gasteiger partial charge on any atom is 0.410 e. The Morgan fingerprint density at radius 2 is 2.00 bits per heavy atom. The molecule has 7 heteroatoms. The van der Waals surface area contributed by atoms with Crippen LogP contribution in [0.1, 0.15) is 55.6 Å². The Morgan fingerprint density at radius 3 is 2.62 bits per heavy atom. The van der Waals surface area contributed by atoms with Gasteiger partial charge in [0.25, 0.3) is 5.91 Å². The molecule has 0 radical (unpaired) electrons. The zero-order valence-corrected chi connectivity index (χ0v) is 15.9. The second-order valence-electron chi connectivity index (χ2n) is 7.43. The van der Waals surface area contributed by atoms with Gasteiger partial charge in [-0.15, -0.1) is 0 Å². The minimum absolute atomic E-state index is 0.0452. The smallest absolute Gasteiger partial charge is 0.410 e. The van der Waals surface area contributed by atoms with Gasteiger partial charge in [0.1, 0.15) is 11.9 Å². The summed E-state index contributed by atoms with van der Waals surface area (Å²) in [6, 6.07) is 0. The molecule has 0 aromatic carbocycles. The van der Waals surface area contributed by atoms with Crippen molar-refractivity contribution in [1.82, 2.24) is 19.8 Å². The maximum absolute atomic E-state index is 12.7. The number of rotatable bonds is 5. The molecular formula is C19H28N4O3. The number of piperidine rings is 1. The monoisotopic (exact) mass is 360 g/mol. The van der Waals surface area contributed by atoms with Crippen LogP contribution in [0.2, 0.25) is 0 Å². The molecule has 1 aromatic heterocycles. The first-order valence-corrected chi connectivity index (χ1v) is 9.52. The second kappa shape index (κ2) is 7.60. The summed E-state index contributed by atoms with van der Waals surface area (Å²) in [6.07, 6.45) is 6.30. The highest BCUT2D eigenvalue weighted by molar-refractivity contribution is 5.95. The molecule has 2 aliphatic heterocycles. The van der Waals surface area contributed by atoms with Gasteiger partial charge in [0.2, 0.25) is 0 Å². The Hall–Kier alpha value is -2.18. The molecule has 0 bridgehead atoms. The number of aromatic nitrogens is 2. The van der Waals surface area contributed by atoms with Crippen LogP contribution in [0.15, 0.2) is 12.5 Å². The molecule has 26 heavy (non-hydrogen) atoms. The van der Waals surface area contributed by atoms with Crippen LogP contribution in [0, 0.1) is 12.8 Å². The lowest BCUT2D eigenvalue weighted by atomic mass is 9.90. The van der Waals surface area contributed by atoms with E-state index in [0.29, 0.717) is 49.7 Å². The zero-order valence-electron chi connectivity index (χ0n) is 15.9. The molecule has 0 atom stereocenters. The molecule has 3 heterocycles. The standard InChI is InChI=1S/C19H28N4O3/c1-4-15(5-2)11-23-12-19(26-18(23)25)6-8-22(9-7-19)17(24)16-10-20-13-21-14(16)3/h10,13,15H,4-9,11-12H2,1-3H3. The van der Waals surface area contributed by atoms with E-state index in [4.69, 9.17) is 4.74 Å². The lowest BCUT2D eigenvalue weighted by Gasteiger charge is -2.37. The Balaban J connectivity index is 1.61. The molecule has 7 nitrogen and oxygen atoms in total. The van der Waals surface area contributed by atoms with Crippen LogP contribution >= 0.6 is 0 Å². The quantitative estimate of drug-likeness (QED) is 0.807. The molecule has 0 unspecified atom stereocenters. The first kappa shape index (κ1) is 18.6. The summed E-state index contributed by atoms with van der Waals surface area (Å²) < 4.78 is 5.77. The molecule has 1 spiro atoms. The minimum atomic E-state index is -0.442. The summed E-state index contributed by atoms with van der Waals surface area (Å²) >= 11 is 0. The SMILES string of the molecule is CCC(CC)CN1CC2(CCN(C(=O)c3cncnc3C)CC2)OC1=O. The summed E-state index contributed by atoms with van der Waals surface area (Å²) in [7, 11) is 0. The number of hydrogen-bond donors (Lipinski definition) is 0. The minimum Gasteiger partial charge on any atom is -0.441 e. The Morgan fingerprint density at radius 1 is 1.31 bits per heavy atom. The van der Waals surface area contributed by atoms with Crippen molar-refractivity contribution < 1.29 is 14.3 Å². The number of carbonyl (C=O) groups excluding carboxylic acids is 2. The molecule has 2 aliphatic rings. The van der Waals surface area contributed by atoms with Crippen LogP contribution in [0.25, 0.3) is 0 Å². The highest BCUT2D eigenvalue weighted by atomic mass is 16.6. The van der Waals surface area contributed by atoms with Gasteiger partial charge in [-0.05, 0) is 12.8 Å². The highest BCUT2D eigenvalue weighted by Crippen LogP contribution is 2.34. The van der Waals surface area contributed by atoms with Gasteiger partial charge in [0.15, 0.2) is 0 Å². The van der Waals surface area contributed by atoms with E-state index >= 15 is 0 Å². The van der Waals surface area contributed by atoms with E-state index < -0.39 is 5.60 Å². The van der Waals surface area contributed by atoms with Crippen LogP contribution < -0.4 is 0 Å². The number of nitrogens with zero attached hydrogens (tertiary/aromatic N) is 4. The number of ether oxygens (including phenoxy) is 1. The largest absolute Gasteiger partial charge is 0.441 e. The van der Waals surface area contributed by atoms with Gasteiger partial charge in [-0.3, -0.25) is 4.79 Å². The van der Waals surface area contributed by atoms with E-state index in [0.717, 1.165) is 19.4 Å². The number of amides is 2. The second-order valence-corrected chi connectivity index (χ2v) is 7.43.